The molecule has 0 aromatic heterocycles. The SMILES string of the molecule is Cc1ccccc1OC(=O)c1cccc(N2C(=O)[C@@H]3[C@@H]4C=C[C@H]([C@H]5C[C@H]45)[C@@H]3C2=O)c1. The quantitative estimate of drug-likeness (QED) is 0.341. The molecule has 0 radical (unpaired) electrons. The van der Waals surface area contributed by atoms with E-state index in [2.05, 4.69) is 12.2 Å². The zero-order chi connectivity index (χ0) is 20.6. The van der Waals surface area contributed by atoms with Crippen LogP contribution in [-0.2, 0) is 9.59 Å². The van der Waals surface area contributed by atoms with Gasteiger partial charge in [-0.1, -0.05) is 36.4 Å². The van der Waals surface area contributed by atoms with Crippen molar-refractivity contribution >= 4 is 23.5 Å². The molecule has 3 fully saturated rings. The number of para-hydroxylation sites is 1. The molecule has 2 aromatic rings. The molecule has 1 saturated heterocycles. The maximum atomic E-state index is 13.3. The third-order valence-electron chi connectivity index (χ3n) is 7.30. The van der Waals surface area contributed by atoms with Crippen LogP contribution in [0.15, 0.2) is 60.7 Å². The van der Waals surface area contributed by atoms with Crippen molar-refractivity contribution in [2.45, 2.75) is 13.3 Å². The molecule has 5 heteroatoms. The van der Waals surface area contributed by atoms with E-state index in [9.17, 15) is 14.4 Å². The largest absolute Gasteiger partial charge is 0.423 e. The second kappa shape index (κ2) is 6.14. The van der Waals surface area contributed by atoms with Crippen molar-refractivity contribution < 1.29 is 19.1 Å². The lowest BCUT2D eigenvalue weighted by Crippen LogP contribution is -2.40. The van der Waals surface area contributed by atoms with E-state index in [0.29, 0.717) is 28.8 Å². The number of carbonyl (C=O) groups is 3. The summed E-state index contributed by atoms with van der Waals surface area (Å²) in [6.45, 7) is 1.87. The van der Waals surface area contributed by atoms with Gasteiger partial charge in [0.15, 0.2) is 0 Å². The van der Waals surface area contributed by atoms with Crippen LogP contribution >= 0.6 is 0 Å². The first-order valence-corrected chi connectivity index (χ1v) is 10.5. The van der Waals surface area contributed by atoms with E-state index in [1.807, 2.05) is 25.1 Å². The number of rotatable bonds is 3. The molecule has 4 aliphatic carbocycles. The normalized spacial score (nSPS) is 32.8. The van der Waals surface area contributed by atoms with Crippen LogP contribution in [0.25, 0.3) is 0 Å². The fourth-order valence-corrected chi connectivity index (χ4v) is 5.81. The minimum atomic E-state index is -0.509. The van der Waals surface area contributed by atoms with Gasteiger partial charge in [-0.15, -0.1) is 0 Å². The lowest BCUT2D eigenvalue weighted by molar-refractivity contribution is -0.124. The Morgan fingerprint density at radius 3 is 2.27 bits per heavy atom. The van der Waals surface area contributed by atoms with Crippen molar-refractivity contribution in [1.82, 2.24) is 0 Å². The highest BCUT2D eigenvalue weighted by atomic mass is 16.5. The minimum absolute atomic E-state index is 0.126. The van der Waals surface area contributed by atoms with Crippen molar-refractivity contribution in [2.75, 3.05) is 4.90 Å². The van der Waals surface area contributed by atoms with Crippen LogP contribution < -0.4 is 9.64 Å². The number of nitrogens with zero attached hydrogens (tertiary/aromatic N) is 1. The molecule has 0 spiro atoms. The highest BCUT2D eigenvalue weighted by Crippen LogP contribution is 2.65. The molecule has 150 valence electrons. The summed E-state index contributed by atoms with van der Waals surface area (Å²) in [5.41, 5.74) is 1.62. The summed E-state index contributed by atoms with van der Waals surface area (Å²) in [7, 11) is 0. The number of benzene rings is 2. The zero-order valence-electron chi connectivity index (χ0n) is 16.5. The number of hydrogen-bond acceptors (Lipinski definition) is 4. The maximum absolute atomic E-state index is 13.3. The minimum Gasteiger partial charge on any atom is -0.423 e. The number of aryl methyl sites for hydroxylation is 1. The Morgan fingerprint density at radius 2 is 1.60 bits per heavy atom. The first kappa shape index (κ1) is 17.6. The van der Waals surface area contributed by atoms with Crippen molar-refractivity contribution in [3.05, 3.63) is 71.8 Å². The molecule has 0 unspecified atom stereocenters. The van der Waals surface area contributed by atoms with E-state index in [1.54, 1.807) is 30.3 Å². The van der Waals surface area contributed by atoms with Crippen LogP contribution in [0.2, 0.25) is 0 Å². The maximum Gasteiger partial charge on any atom is 0.343 e. The van der Waals surface area contributed by atoms with Gasteiger partial charge in [-0.2, -0.15) is 0 Å². The predicted octanol–water partition coefficient (Wildman–Crippen LogP) is 3.77. The Labute approximate surface area is 174 Å². The molecule has 5 aliphatic rings. The Hall–Kier alpha value is -3.21. The number of ether oxygens (including phenoxy) is 1. The highest BCUT2D eigenvalue weighted by molar-refractivity contribution is 6.23. The molecule has 2 amide bonds. The van der Waals surface area contributed by atoms with E-state index in [0.717, 1.165) is 12.0 Å². The second-order valence-corrected chi connectivity index (χ2v) is 8.87. The lowest BCUT2D eigenvalue weighted by Gasteiger charge is -2.37. The Balaban J connectivity index is 1.30. The van der Waals surface area contributed by atoms with Gasteiger partial charge in [0.2, 0.25) is 11.8 Å². The Kier molecular flexibility index (Phi) is 3.61. The second-order valence-electron chi connectivity index (χ2n) is 8.87. The summed E-state index contributed by atoms with van der Waals surface area (Å²) in [6, 6.07) is 13.9. The Bertz CT molecular complexity index is 1100. The average Bonchev–Trinajstić information content (AvgIpc) is 3.53. The van der Waals surface area contributed by atoms with Crippen LogP contribution in [-0.4, -0.2) is 17.8 Å². The highest BCUT2D eigenvalue weighted by Gasteiger charge is 2.67. The number of esters is 1. The summed E-state index contributed by atoms with van der Waals surface area (Å²) in [6.07, 6.45) is 5.45. The summed E-state index contributed by atoms with van der Waals surface area (Å²) in [5, 5.41) is 0. The van der Waals surface area contributed by atoms with Crippen LogP contribution in [0.5, 0.6) is 5.75 Å². The third-order valence-corrected chi connectivity index (χ3v) is 7.30. The number of amides is 2. The molecule has 7 rings (SSSR count). The molecule has 1 heterocycles. The van der Waals surface area contributed by atoms with Crippen molar-refractivity contribution in [2.24, 2.45) is 35.5 Å². The molecular weight excluding hydrogens is 378 g/mol. The third kappa shape index (κ3) is 2.38. The first-order valence-electron chi connectivity index (χ1n) is 10.5. The van der Waals surface area contributed by atoms with Gasteiger partial charge in [0, 0.05) is 0 Å². The van der Waals surface area contributed by atoms with Gasteiger partial charge in [0.05, 0.1) is 23.1 Å². The number of allylic oxidation sites excluding steroid dienone is 2. The lowest BCUT2D eigenvalue weighted by atomic mass is 9.63. The van der Waals surface area contributed by atoms with Crippen molar-refractivity contribution in [1.29, 1.82) is 0 Å². The van der Waals surface area contributed by atoms with Crippen molar-refractivity contribution in [3.8, 4) is 5.75 Å². The molecule has 0 N–H and O–H groups in total. The van der Waals surface area contributed by atoms with Gasteiger partial charge in [-0.25, -0.2) is 9.69 Å². The fraction of sp³-hybridized carbons (Fsp3) is 0.320. The van der Waals surface area contributed by atoms with E-state index < -0.39 is 5.97 Å². The van der Waals surface area contributed by atoms with Crippen LogP contribution in [0.3, 0.4) is 0 Å². The molecule has 2 aromatic carbocycles. The molecule has 6 atom stereocenters. The monoisotopic (exact) mass is 399 g/mol. The van der Waals surface area contributed by atoms with E-state index in [1.165, 1.54) is 4.90 Å². The summed E-state index contributed by atoms with van der Waals surface area (Å²) in [5.74, 6) is 0.721. The van der Waals surface area contributed by atoms with Crippen LogP contribution in [0, 0.1) is 42.4 Å². The average molecular weight is 399 g/mol. The topological polar surface area (TPSA) is 63.7 Å². The van der Waals surface area contributed by atoms with Gasteiger partial charge >= 0.3 is 5.97 Å². The van der Waals surface area contributed by atoms with Gasteiger partial charge in [0.1, 0.15) is 5.75 Å². The molecule has 30 heavy (non-hydrogen) atoms. The van der Waals surface area contributed by atoms with Gasteiger partial charge in [-0.3, -0.25) is 9.59 Å². The summed E-state index contributed by atoms with van der Waals surface area (Å²) >= 11 is 0. The molecule has 1 aliphatic heterocycles. The molecule has 5 nitrogen and oxygen atoms in total. The Morgan fingerprint density at radius 1 is 0.933 bits per heavy atom. The van der Waals surface area contributed by atoms with Crippen LogP contribution in [0.4, 0.5) is 5.69 Å². The fourth-order valence-electron chi connectivity index (χ4n) is 5.81. The van der Waals surface area contributed by atoms with Crippen LogP contribution in [0.1, 0.15) is 22.3 Å². The summed E-state index contributed by atoms with van der Waals surface area (Å²) < 4.78 is 5.52. The van der Waals surface area contributed by atoms with E-state index in [-0.39, 0.29) is 35.5 Å². The standard InChI is InChI=1S/C25H21NO4/c1-13-5-2-3-8-20(13)30-25(29)14-6-4-7-15(11-14)26-23(27)21-16-9-10-17(19-12-18(16)19)22(21)24(26)28/h2-11,16-19,21-22H,12H2,1H3/t16-,17-,18-,19-,21-,22+/m1/s1. The van der Waals surface area contributed by atoms with E-state index >= 15 is 0 Å². The first-order chi connectivity index (χ1) is 14.5. The van der Waals surface area contributed by atoms with Gasteiger partial charge in [-0.05, 0) is 66.8 Å². The smallest absolute Gasteiger partial charge is 0.343 e. The van der Waals surface area contributed by atoms with E-state index in [4.69, 9.17) is 4.74 Å². The van der Waals surface area contributed by atoms with Gasteiger partial charge < -0.3 is 4.74 Å². The number of carbonyl (C=O) groups excluding carboxylic acids is 3. The summed E-state index contributed by atoms with van der Waals surface area (Å²) in [4.78, 5) is 40.5. The van der Waals surface area contributed by atoms with Crippen molar-refractivity contribution in [3.63, 3.8) is 0 Å². The number of anilines is 1. The molecule has 2 saturated carbocycles. The zero-order valence-corrected chi connectivity index (χ0v) is 16.5. The predicted molar refractivity (Wildman–Crippen MR) is 110 cm³/mol. The van der Waals surface area contributed by atoms with Gasteiger partial charge in [0.25, 0.3) is 0 Å². The number of imide groups is 1. The molecular formula is C25H21NO4. The number of hydrogen-bond donors (Lipinski definition) is 0. The molecule has 2 bridgehead atoms.